The van der Waals surface area contributed by atoms with Crippen LogP contribution in [0.1, 0.15) is 19.8 Å². The summed E-state index contributed by atoms with van der Waals surface area (Å²) in [6.07, 6.45) is 1.89. The van der Waals surface area contributed by atoms with E-state index in [-0.39, 0.29) is 18.7 Å². The molecular weight excluding hydrogens is 316 g/mol. The fourth-order valence-electron chi connectivity index (χ4n) is 3.82. The van der Waals surface area contributed by atoms with Crippen LogP contribution in [0.3, 0.4) is 0 Å². The van der Waals surface area contributed by atoms with Crippen LogP contribution in [-0.4, -0.2) is 78.9 Å². The lowest BCUT2D eigenvalue weighted by atomic mass is 10.2. The largest absolute Gasteiger partial charge is 0.394 e. The Kier molecular flexibility index (Phi) is 6.15. The Labute approximate surface area is 150 Å². The van der Waals surface area contributed by atoms with E-state index in [2.05, 4.69) is 46.3 Å². The summed E-state index contributed by atoms with van der Waals surface area (Å²) in [4.78, 5) is 18.9. The Bertz CT molecular complexity index is 546. The summed E-state index contributed by atoms with van der Waals surface area (Å²) in [6.45, 7) is 7.68. The van der Waals surface area contributed by atoms with Crippen LogP contribution >= 0.6 is 0 Å². The standard InChI is InChI=1S/C19H30N4O2/c1-16(14-20-19(25)23-9-5-8-18(23)15-24)21-10-12-22(13-11-21)17-6-3-2-4-7-17/h2-4,6-7,16,18,24H,5,8-15H2,1H3,(H,20,25). The summed E-state index contributed by atoms with van der Waals surface area (Å²) in [7, 11) is 0. The number of amides is 2. The van der Waals surface area contributed by atoms with E-state index in [1.54, 1.807) is 4.90 Å². The third-order valence-corrected chi connectivity index (χ3v) is 5.46. The zero-order valence-electron chi connectivity index (χ0n) is 15.1. The number of hydrogen-bond donors (Lipinski definition) is 2. The second kappa shape index (κ2) is 8.54. The van der Waals surface area contributed by atoms with Crippen LogP contribution < -0.4 is 10.2 Å². The van der Waals surface area contributed by atoms with Crippen molar-refractivity contribution in [3.8, 4) is 0 Å². The number of hydrogen-bond acceptors (Lipinski definition) is 4. The van der Waals surface area contributed by atoms with Crippen LogP contribution in [0.2, 0.25) is 0 Å². The fraction of sp³-hybridized carbons (Fsp3) is 0.632. The molecule has 2 fully saturated rings. The van der Waals surface area contributed by atoms with Crippen molar-refractivity contribution < 1.29 is 9.90 Å². The van der Waals surface area contributed by atoms with Gasteiger partial charge in [-0.15, -0.1) is 0 Å². The minimum absolute atomic E-state index is 0.00952. The quantitative estimate of drug-likeness (QED) is 0.845. The van der Waals surface area contributed by atoms with Crippen LogP contribution in [-0.2, 0) is 0 Å². The molecule has 1 aromatic rings. The van der Waals surface area contributed by atoms with E-state index in [1.807, 2.05) is 6.07 Å². The van der Waals surface area contributed by atoms with Gasteiger partial charge >= 0.3 is 6.03 Å². The third-order valence-electron chi connectivity index (χ3n) is 5.46. The minimum atomic E-state index is -0.0358. The van der Waals surface area contributed by atoms with Gasteiger partial charge in [0.05, 0.1) is 12.6 Å². The van der Waals surface area contributed by atoms with Crippen molar-refractivity contribution in [1.29, 1.82) is 0 Å². The van der Waals surface area contributed by atoms with Gasteiger partial charge in [0.1, 0.15) is 0 Å². The van der Waals surface area contributed by atoms with E-state index in [4.69, 9.17) is 0 Å². The molecule has 2 aliphatic rings. The molecule has 2 aliphatic heterocycles. The van der Waals surface area contributed by atoms with E-state index < -0.39 is 0 Å². The number of carbonyl (C=O) groups is 1. The highest BCUT2D eigenvalue weighted by atomic mass is 16.3. The molecule has 25 heavy (non-hydrogen) atoms. The predicted octanol–water partition coefficient (Wildman–Crippen LogP) is 1.36. The minimum Gasteiger partial charge on any atom is -0.394 e. The van der Waals surface area contributed by atoms with Crippen molar-refractivity contribution >= 4 is 11.7 Å². The highest BCUT2D eigenvalue weighted by molar-refractivity contribution is 5.74. The number of rotatable bonds is 5. The van der Waals surface area contributed by atoms with Crippen molar-refractivity contribution in [3.63, 3.8) is 0 Å². The van der Waals surface area contributed by atoms with Crippen LogP contribution in [0.15, 0.2) is 30.3 Å². The number of para-hydroxylation sites is 1. The summed E-state index contributed by atoms with van der Waals surface area (Å²) in [5, 5.41) is 12.4. The molecule has 2 amide bonds. The normalized spacial score (nSPS) is 22.9. The number of nitrogens with zero attached hydrogens (tertiary/aromatic N) is 3. The highest BCUT2D eigenvalue weighted by Crippen LogP contribution is 2.18. The summed E-state index contributed by atoms with van der Waals surface area (Å²) in [5.74, 6) is 0. The lowest BCUT2D eigenvalue weighted by Gasteiger charge is -2.39. The van der Waals surface area contributed by atoms with Gasteiger partial charge in [-0.05, 0) is 31.9 Å². The average Bonchev–Trinajstić information content (AvgIpc) is 3.15. The Morgan fingerprint density at radius 3 is 2.60 bits per heavy atom. The molecule has 0 aliphatic carbocycles. The number of nitrogens with one attached hydrogen (secondary N) is 1. The van der Waals surface area contributed by atoms with Gasteiger partial charge in [0.25, 0.3) is 0 Å². The van der Waals surface area contributed by atoms with Crippen LogP contribution in [0.4, 0.5) is 10.5 Å². The van der Waals surface area contributed by atoms with E-state index in [0.717, 1.165) is 45.6 Å². The van der Waals surface area contributed by atoms with Gasteiger partial charge < -0.3 is 20.2 Å². The fourth-order valence-corrected chi connectivity index (χ4v) is 3.82. The van der Waals surface area contributed by atoms with Gasteiger partial charge in [-0.1, -0.05) is 18.2 Å². The summed E-state index contributed by atoms with van der Waals surface area (Å²) in [5.41, 5.74) is 1.28. The number of likely N-dealkylation sites (tertiary alicyclic amines) is 1. The number of benzene rings is 1. The molecule has 3 rings (SSSR count). The lowest BCUT2D eigenvalue weighted by molar-refractivity contribution is 0.150. The molecule has 0 bridgehead atoms. The Morgan fingerprint density at radius 2 is 1.92 bits per heavy atom. The summed E-state index contributed by atoms with van der Waals surface area (Å²) in [6, 6.07) is 10.8. The first-order valence-electron chi connectivity index (χ1n) is 9.38. The number of piperazine rings is 1. The van der Waals surface area contributed by atoms with E-state index >= 15 is 0 Å². The van der Waals surface area contributed by atoms with Crippen molar-refractivity contribution in [3.05, 3.63) is 30.3 Å². The second-order valence-electron chi connectivity index (χ2n) is 7.07. The molecule has 0 radical (unpaired) electrons. The van der Waals surface area contributed by atoms with Crippen molar-refractivity contribution in [2.75, 3.05) is 50.8 Å². The van der Waals surface area contributed by atoms with E-state index in [9.17, 15) is 9.90 Å². The number of aliphatic hydroxyl groups excluding tert-OH is 1. The maximum atomic E-state index is 12.3. The van der Waals surface area contributed by atoms with Crippen LogP contribution in [0.25, 0.3) is 0 Å². The van der Waals surface area contributed by atoms with Crippen LogP contribution in [0.5, 0.6) is 0 Å². The Hall–Kier alpha value is -1.79. The van der Waals surface area contributed by atoms with Gasteiger partial charge in [0.2, 0.25) is 0 Å². The first-order chi connectivity index (χ1) is 12.2. The van der Waals surface area contributed by atoms with Gasteiger partial charge in [0, 0.05) is 51.0 Å². The summed E-state index contributed by atoms with van der Waals surface area (Å²) >= 11 is 0. The first-order valence-corrected chi connectivity index (χ1v) is 9.38. The zero-order chi connectivity index (χ0) is 17.6. The SMILES string of the molecule is CC(CNC(=O)N1CCCC1CO)N1CCN(c2ccccc2)CC1. The molecule has 2 heterocycles. The van der Waals surface area contributed by atoms with Crippen molar-refractivity contribution in [2.24, 2.45) is 0 Å². The lowest BCUT2D eigenvalue weighted by Crippen LogP contribution is -2.53. The molecule has 2 N–H and O–H groups in total. The van der Waals surface area contributed by atoms with Crippen molar-refractivity contribution in [1.82, 2.24) is 15.1 Å². The van der Waals surface area contributed by atoms with Gasteiger partial charge in [0.15, 0.2) is 0 Å². The molecule has 2 atom stereocenters. The Balaban J connectivity index is 1.42. The zero-order valence-corrected chi connectivity index (χ0v) is 15.1. The molecule has 0 spiro atoms. The molecule has 138 valence electrons. The number of urea groups is 1. The molecule has 0 saturated carbocycles. The molecule has 1 aromatic carbocycles. The van der Waals surface area contributed by atoms with E-state index in [0.29, 0.717) is 12.6 Å². The molecule has 6 nitrogen and oxygen atoms in total. The first kappa shape index (κ1) is 18.0. The van der Waals surface area contributed by atoms with Crippen LogP contribution in [0, 0.1) is 0 Å². The second-order valence-corrected chi connectivity index (χ2v) is 7.07. The monoisotopic (exact) mass is 346 g/mol. The summed E-state index contributed by atoms with van der Waals surface area (Å²) < 4.78 is 0. The van der Waals surface area contributed by atoms with Gasteiger partial charge in [-0.2, -0.15) is 0 Å². The van der Waals surface area contributed by atoms with Crippen molar-refractivity contribution in [2.45, 2.75) is 31.8 Å². The topological polar surface area (TPSA) is 59.1 Å². The van der Waals surface area contributed by atoms with Gasteiger partial charge in [-0.25, -0.2) is 4.79 Å². The maximum absolute atomic E-state index is 12.3. The molecular formula is C19H30N4O2. The average molecular weight is 346 g/mol. The Morgan fingerprint density at radius 1 is 1.20 bits per heavy atom. The van der Waals surface area contributed by atoms with Gasteiger partial charge in [-0.3, -0.25) is 4.90 Å². The molecule has 2 saturated heterocycles. The maximum Gasteiger partial charge on any atom is 0.317 e. The van der Waals surface area contributed by atoms with E-state index in [1.165, 1.54) is 5.69 Å². The number of anilines is 1. The molecule has 6 heteroatoms. The number of aliphatic hydroxyl groups is 1. The number of carbonyl (C=O) groups excluding carboxylic acids is 1. The highest BCUT2D eigenvalue weighted by Gasteiger charge is 2.28. The smallest absolute Gasteiger partial charge is 0.317 e. The predicted molar refractivity (Wildman–Crippen MR) is 99.9 cm³/mol. The molecule has 2 unspecified atom stereocenters. The molecule has 0 aromatic heterocycles. The third kappa shape index (κ3) is 4.44.